The molecule has 2 nitrogen and oxygen atoms in total. The van der Waals surface area contributed by atoms with Gasteiger partial charge in [-0.15, -0.1) is 0 Å². The number of nitrogens with zero attached hydrogens (tertiary/aromatic N) is 1. The highest BCUT2D eigenvalue weighted by Crippen LogP contribution is 2.36. The van der Waals surface area contributed by atoms with Gasteiger partial charge in [-0.3, -0.25) is 5.43 Å². The summed E-state index contributed by atoms with van der Waals surface area (Å²) in [5, 5.41) is 4.39. The normalized spacial score (nSPS) is 17.3. The van der Waals surface area contributed by atoms with Gasteiger partial charge in [-0.25, -0.2) is 0 Å². The van der Waals surface area contributed by atoms with Crippen molar-refractivity contribution in [1.29, 1.82) is 0 Å². The second-order valence-electron chi connectivity index (χ2n) is 7.12. The lowest BCUT2D eigenvalue weighted by Gasteiger charge is -2.18. The van der Waals surface area contributed by atoms with Gasteiger partial charge in [0.25, 0.3) is 0 Å². The molecule has 24 heavy (non-hydrogen) atoms. The quantitative estimate of drug-likeness (QED) is 0.563. The van der Waals surface area contributed by atoms with Gasteiger partial charge in [0, 0.05) is 5.92 Å². The second-order valence-corrected chi connectivity index (χ2v) is 7.12. The first-order chi connectivity index (χ1) is 11.5. The van der Waals surface area contributed by atoms with E-state index in [1.54, 1.807) is 0 Å². The average Bonchev–Trinajstić information content (AvgIpc) is 3.06. The van der Waals surface area contributed by atoms with Crippen molar-refractivity contribution in [2.45, 2.75) is 26.7 Å². The van der Waals surface area contributed by atoms with Crippen LogP contribution in [0.2, 0.25) is 0 Å². The highest BCUT2D eigenvalue weighted by Gasteiger charge is 2.21. The molecule has 0 bridgehead atoms. The lowest BCUT2D eigenvalue weighted by atomic mass is 9.86. The van der Waals surface area contributed by atoms with E-state index < -0.39 is 0 Å². The van der Waals surface area contributed by atoms with Crippen molar-refractivity contribution in [1.82, 2.24) is 0 Å². The van der Waals surface area contributed by atoms with Gasteiger partial charge in [0.15, 0.2) is 0 Å². The summed E-state index contributed by atoms with van der Waals surface area (Å²) in [5.74, 6) is 0.318. The fourth-order valence-corrected chi connectivity index (χ4v) is 2.83. The molecule has 3 rings (SSSR count). The molecule has 1 N–H and O–H groups in total. The topological polar surface area (TPSA) is 24.4 Å². The molecule has 0 fully saturated rings. The summed E-state index contributed by atoms with van der Waals surface area (Å²) < 4.78 is 0. The van der Waals surface area contributed by atoms with Gasteiger partial charge in [-0.2, -0.15) is 5.10 Å². The Balaban J connectivity index is 1.79. The molecule has 0 aliphatic heterocycles. The Morgan fingerprint density at radius 1 is 0.958 bits per heavy atom. The van der Waals surface area contributed by atoms with Crippen LogP contribution in [0.15, 0.2) is 83.5 Å². The molecule has 1 unspecified atom stereocenters. The number of hydrogen-bond acceptors (Lipinski definition) is 2. The van der Waals surface area contributed by atoms with E-state index in [2.05, 4.69) is 73.8 Å². The summed E-state index contributed by atoms with van der Waals surface area (Å²) in [7, 11) is 0. The van der Waals surface area contributed by atoms with Crippen LogP contribution in [0.5, 0.6) is 0 Å². The standard InChI is InChI=1S/C22H24N2/c1-22(2,3)19-14-13-17(15-19)21-12-8-7-9-18(21)16-23-24-20-10-5-4-6-11-20/h4-17,24H,1-3H3. The van der Waals surface area contributed by atoms with Crippen LogP contribution in [0.3, 0.4) is 0 Å². The predicted octanol–water partition coefficient (Wildman–Crippen LogP) is 5.76. The molecule has 0 amide bonds. The molecule has 0 saturated carbocycles. The molecule has 0 aromatic heterocycles. The smallest absolute Gasteiger partial charge is 0.0561 e. The highest BCUT2D eigenvalue weighted by molar-refractivity contribution is 5.83. The van der Waals surface area contributed by atoms with Crippen LogP contribution >= 0.6 is 0 Å². The molecule has 1 atom stereocenters. The Hall–Kier alpha value is -2.61. The summed E-state index contributed by atoms with van der Waals surface area (Å²) in [6.45, 7) is 6.76. The van der Waals surface area contributed by atoms with Crippen molar-refractivity contribution in [3.05, 3.63) is 89.5 Å². The first kappa shape index (κ1) is 16.3. The fraction of sp³-hybridized carbons (Fsp3) is 0.227. The molecule has 0 radical (unpaired) electrons. The van der Waals surface area contributed by atoms with Crippen LogP contribution in [-0.4, -0.2) is 6.21 Å². The van der Waals surface area contributed by atoms with Crippen LogP contribution in [0.1, 0.15) is 37.8 Å². The Bertz CT molecular complexity index is 777. The Morgan fingerprint density at radius 3 is 2.38 bits per heavy atom. The summed E-state index contributed by atoms with van der Waals surface area (Å²) in [6, 6.07) is 18.4. The zero-order valence-corrected chi connectivity index (χ0v) is 14.5. The molecular formula is C22H24N2. The molecule has 0 saturated heterocycles. The number of rotatable bonds is 4. The van der Waals surface area contributed by atoms with E-state index in [1.807, 2.05) is 36.5 Å². The molecule has 0 heterocycles. The first-order valence-corrected chi connectivity index (χ1v) is 8.37. The van der Waals surface area contributed by atoms with Crippen molar-refractivity contribution in [2.75, 3.05) is 5.43 Å². The number of para-hydroxylation sites is 1. The third-order valence-electron chi connectivity index (χ3n) is 4.23. The molecular weight excluding hydrogens is 292 g/mol. The van der Waals surface area contributed by atoms with Crippen molar-refractivity contribution >= 4 is 11.9 Å². The number of benzene rings is 2. The van der Waals surface area contributed by atoms with Gasteiger partial charge in [0.1, 0.15) is 0 Å². The van der Waals surface area contributed by atoms with Gasteiger partial charge >= 0.3 is 0 Å². The van der Waals surface area contributed by atoms with Gasteiger partial charge in [-0.1, -0.05) is 81.5 Å². The van der Waals surface area contributed by atoms with E-state index in [1.165, 1.54) is 11.1 Å². The highest BCUT2D eigenvalue weighted by atomic mass is 15.3. The van der Waals surface area contributed by atoms with Gasteiger partial charge in [0.2, 0.25) is 0 Å². The molecule has 2 aromatic carbocycles. The van der Waals surface area contributed by atoms with Gasteiger partial charge in [-0.05, 0) is 34.2 Å². The van der Waals surface area contributed by atoms with Crippen LogP contribution in [0.4, 0.5) is 5.69 Å². The molecule has 122 valence electrons. The molecule has 2 heteroatoms. The predicted molar refractivity (Wildman–Crippen MR) is 104 cm³/mol. The van der Waals surface area contributed by atoms with E-state index in [0.717, 1.165) is 11.3 Å². The maximum atomic E-state index is 4.39. The first-order valence-electron chi connectivity index (χ1n) is 8.37. The molecule has 2 aromatic rings. The lowest BCUT2D eigenvalue weighted by Crippen LogP contribution is -2.06. The summed E-state index contributed by atoms with van der Waals surface area (Å²) in [4.78, 5) is 0. The third kappa shape index (κ3) is 3.83. The minimum atomic E-state index is 0.184. The van der Waals surface area contributed by atoms with E-state index in [9.17, 15) is 0 Å². The molecule has 1 aliphatic carbocycles. The Kier molecular flexibility index (Phi) is 4.66. The van der Waals surface area contributed by atoms with E-state index in [0.29, 0.717) is 5.92 Å². The summed E-state index contributed by atoms with van der Waals surface area (Å²) in [5.41, 5.74) is 8.07. The average molecular weight is 316 g/mol. The summed E-state index contributed by atoms with van der Waals surface area (Å²) in [6.07, 6.45) is 8.79. The maximum absolute atomic E-state index is 4.39. The van der Waals surface area contributed by atoms with Crippen LogP contribution in [0.25, 0.3) is 0 Å². The summed E-state index contributed by atoms with van der Waals surface area (Å²) >= 11 is 0. The van der Waals surface area contributed by atoms with Crippen molar-refractivity contribution < 1.29 is 0 Å². The molecule has 0 spiro atoms. The zero-order chi connectivity index (χ0) is 17.0. The number of hydrogen-bond donors (Lipinski definition) is 1. The molecule has 1 aliphatic rings. The fourth-order valence-electron chi connectivity index (χ4n) is 2.83. The van der Waals surface area contributed by atoms with Crippen molar-refractivity contribution in [3.63, 3.8) is 0 Å². The maximum Gasteiger partial charge on any atom is 0.0561 e. The monoisotopic (exact) mass is 316 g/mol. The van der Waals surface area contributed by atoms with Crippen molar-refractivity contribution in [3.8, 4) is 0 Å². The second kappa shape index (κ2) is 6.88. The van der Waals surface area contributed by atoms with Crippen molar-refractivity contribution in [2.24, 2.45) is 10.5 Å². The minimum absolute atomic E-state index is 0.184. The number of nitrogens with one attached hydrogen (secondary N) is 1. The van der Waals surface area contributed by atoms with Crippen LogP contribution < -0.4 is 5.43 Å². The zero-order valence-electron chi connectivity index (χ0n) is 14.5. The van der Waals surface area contributed by atoms with E-state index in [-0.39, 0.29) is 5.41 Å². The number of anilines is 1. The Labute approximate surface area is 144 Å². The number of hydrazone groups is 1. The SMILES string of the molecule is CC(C)(C)C1=CC(c2ccccc2C=NNc2ccccc2)C=C1. The number of allylic oxidation sites excluding steroid dienone is 4. The van der Waals surface area contributed by atoms with Gasteiger partial charge in [0.05, 0.1) is 11.9 Å². The van der Waals surface area contributed by atoms with Crippen LogP contribution in [-0.2, 0) is 0 Å². The van der Waals surface area contributed by atoms with E-state index in [4.69, 9.17) is 0 Å². The van der Waals surface area contributed by atoms with Gasteiger partial charge < -0.3 is 0 Å². The Morgan fingerprint density at radius 2 is 1.67 bits per heavy atom. The third-order valence-corrected chi connectivity index (χ3v) is 4.23. The minimum Gasteiger partial charge on any atom is -0.279 e. The largest absolute Gasteiger partial charge is 0.279 e. The van der Waals surface area contributed by atoms with E-state index >= 15 is 0 Å². The lowest BCUT2D eigenvalue weighted by molar-refractivity contribution is 0.517. The van der Waals surface area contributed by atoms with Crippen LogP contribution in [0, 0.1) is 5.41 Å².